The molecule has 1 unspecified atom stereocenters. The predicted octanol–water partition coefficient (Wildman–Crippen LogP) is 4.64. The number of amides is 1. The predicted molar refractivity (Wildman–Crippen MR) is 108 cm³/mol. The Hall–Kier alpha value is -2.96. The topological polar surface area (TPSA) is 79.7 Å². The van der Waals surface area contributed by atoms with E-state index in [-0.39, 0.29) is 30.3 Å². The summed E-state index contributed by atoms with van der Waals surface area (Å²) in [4.78, 5) is 29.3. The molecule has 1 aliphatic carbocycles. The molecule has 1 amide bonds. The lowest BCUT2D eigenvalue weighted by molar-refractivity contribution is 0.0966. The quantitative estimate of drug-likeness (QED) is 0.700. The average Bonchev–Trinajstić information content (AvgIpc) is 3.57. The number of Topliss-reactive ketones (excluding diaryl/α,β-unsaturated/α-hetero) is 1. The molecule has 2 atom stereocenters. The highest BCUT2D eigenvalue weighted by molar-refractivity contribution is 5.99. The van der Waals surface area contributed by atoms with Crippen molar-refractivity contribution >= 4 is 11.9 Å². The van der Waals surface area contributed by atoms with Crippen LogP contribution in [0.5, 0.6) is 5.88 Å². The van der Waals surface area contributed by atoms with Crippen LogP contribution >= 0.6 is 0 Å². The molecule has 30 heavy (non-hydrogen) atoms. The number of hydrogen-bond acceptors (Lipinski definition) is 4. The van der Waals surface area contributed by atoms with Crippen LogP contribution in [0.15, 0.2) is 36.4 Å². The number of likely N-dealkylation sites (tertiary alicyclic amines) is 1. The lowest BCUT2D eigenvalue weighted by Gasteiger charge is -2.35. The number of rotatable bonds is 6. The van der Waals surface area contributed by atoms with Crippen LogP contribution in [0.3, 0.4) is 0 Å². The van der Waals surface area contributed by atoms with Crippen LogP contribution < -0.4 is 4.74 Å². The normalized spacial score (nSPS) is 21.3. The van der Waals surface area contributed by atoms with Crippen molar-refractivity contribution in [2.45, 2.75) is 51.2 Å². The summed E-state index contributed by atoms with van der Waals surface area (Å²) in [5.41, 5.74) is 1.65. The monoisotopic (exact) mass is 412 g/mol. The maximum absolute atomic E-state index is 14.4. The highest BCUT2D eigenvalue weighted by Gasteiger charge is 2.31. The van der Waals surface area contributed by atoms with E-state index in [9.17, 15) is 19.1 Å². The number of benzene rings is 1. The summed E-state index contributed by atoms with van der Waals surface area (Å²) in [6.07, 6.45) is 2.30. The Morgan fingerprint density at radius 3 is 2.70 bits per heavy atom. The summed E-state index contributed by atoms with van der Waals surface area (Å²) in [5, 5.41) is 9.23. The van der Waals surface area contributed by atoms with Crippen LogP contribution in [0, 0.1) is 11.7 Å². The van der Waals surface area contributed by atoms with Crippen LogP contribution in [-0.4, -0.2) is 39.5 Å². The van der Waals surface area contributed by atoms with Gasteiger partial charge in [-0.15, -0.1) is 0 Å². The van der Waals surface area contributed by atoms with E-state index in [2.05, 4.69) is 4.98 Å². The van der Waals surface area contributed by atoms with Gasteiger partial charge in [-0.25, -0.2) is 14.2 Å². The third-order valence-corrected chi connectivity index (χ3v) is 5.95. The van der Waals surface area contributed by atoms with Crippen LogP contribution in [0.1, 0.15) is 60.1 Å². The number of piperidine rings is 1. The smallest absolute Gasteiger partial charge is 0.407 e. The minimum absolute atomic E-state index is 0.0129. The molecule has 2 heterocycles. The molecular weight excluding hydrogens is 387 g/mol. The Labute approximate surface area is 174 Å². The molecule has 6 nitrogen and oxygen atoms in total. The molecule has 2 aliphatic rings. The first kappa shape index (κ1) is 20.3. The van der Waals surface area contributed by atoms with Gasteiger partial charge < -0.3 is 14.7 Å². The molecule has 2 aromatic rings. The van der Waals surface area contributed by atoms with Gasteiger partial charge in [-0.3, -0.25) is 4.79 Å². The van der Waals surface area contributed by atoms with Crippen LogP contribution in [0.25, 0.3) is 0 Å². The second kappa shape index (κ2) is 8.42. The van der Waals surface area contributed by atoms with Gasteiger partial charge in [-0.1, -0.05) is 18.2 Å². The highest BCUT2D eigenvalue weighted by Crippen LogP contribution is 2.33. The molecule has 4 rings (SSSR count). The van der Waals surface area contributed by atoms with Crippen molar-refractivity contribution in [2.24, 2.45) is 5.92 Å². The van der Waals surface area contributed by atoms with Crippen molar-refractivity contribution in [1.82, 2.24) is 9.88 Å². The number of ether oxygens (including phenoxy) is 1. The number of ketones is 1. The third kappa shape index (κ3) is 4.45. The molecule has 1 aromatic heterocycles. The van der Waals surface area contributed by atoms with Gasteiger partial charge in [0, 0.05) is 47.3 Å². The van der Waals surface area contributed by atoms with E-state index in [4.69, 9.17) is 4.74 Å². The van der Waals surface area contributed by atoms with Gasteiger partial charge in [0.1, 0.15) is 12.4 Å². The standard InChI is InChI=1S/C23H25FN2O4/c1-14-11-16(9-10-26(14)23(28)29)20-3-2-4-21(25-20)30-13-18-8-7-17(12-19(18)24)22(27)15-5-6-15/h2-4,7-8,12,14-16H,5-6,9-11,13H2,1H3,(H,28,29)/t14-,16?/m0/s1. The van der Waals surface area contributed by atoms with Crippen molar-refractivity contribution < 1.29 is 23.8 Å². The van der Waals surface area contributed by atoms with Gasteiger partial charge in [0.25, 0.3) is 0 Å². The fraction of sp³-hybridized carbons (Fsp3) is 0.435. The fourth-order valence-electron chi connectivity index (χ4n) is 4.01. The average molecular weight is 412 g/mol. The van der Waals surface area contributed by atoms with Gasteiger partial charge in [-0.05, 0) is 44.7 Å². The Kier molecular flexibility index (Phi) is 5.70. The molecule has 1 N–H and O–H groups in total. The summed E-state index contributed by atoms with van der Waals surface area (Å²) in [6, 6.07) is 9.96. The molecule has 158 valence electrons. The van der Waals surface area contributed by atoms with E-state index in [0.29, 0.717) is 36.4 Å². The molecule has 0 bridgehead atoms. The second-order valence-electron chi connectivity index (χ2n) is 8.18. The highest BCUT2D eigenvalue weighted by atomic mass is 19.1. The number of halogens is 1. The minimum atomic E-state index is -0.891. The molecule has 0 radical (unpaired) electrons. The first-order valence-electron chi connectivity index (χ1n) is 10.3. The SMILES string of the molecule is C[C@H]1CC(c2cccc(OCc3ccc(C(=O)C4CC4)cc3F)n2)CCN1C(=O)O. The summed E-state index contributed by atoms with van der Waals surface area (Å²) in [5.74, 6) is 0.178. The molecule has 0 spiro atoms. The van der Waals surface area contributed by atoms with Crippen molar-refractivity contribution in [3.8, 4) is 5.88 Å². The third-order valence-electron chi connectivity index (χ3n) is 5.95. The van der Waals surface area contributed by atoms with E-state index in [1.165, 1.54) is 11.0 Å². The number of carbonyl (C=O) groups excluding carboxylic acids is 1. The largest absolute Gasteiger partial charge is 0.473 e. The number of carbonyl (C=O) groups is 2. The number of pyridine rings is 1. The van der Waals surface area contributed by atoms with E-state index in [1.54, 1.807) is 18.2 Å². The van der Waals surface area contributed by atoms with Crippen molar-refractivity contribution in [2.75, 3.05) is 6.54 Å². The Morgan fingerprint density at radius 2 is 2.03 bits per heavy atom. The summed E-state index contributed by atoms with van der Waals surface area (Å²) >= 11 is 0. The molecule has 1 aliphatic heterocycles. The van der Waals surface area contributed by atoms with Gasteiger partial charge in [0.05, 0.1) is 0 Å². The summed E-state index contributed by atoms with van der Waals surface area (Å²) in [7, 11) is 0. The first-order valence-corrected chi connectivity index (χ1v) is 10.3. The zero-order valence-corrected chi connectivity index (χ0v) is 16.9. The van der Waals surface area contributed by atoms with E-state index < -0.39 is 11.9 Å². The summed E-state index contributed by atoms with van der Waals surface area (Å²) in [6.45, 7) is 2.40. The van der Waals surface area contributed by atoms with Crippen LogP contribution in [-0.2, 0) is 6.61 Å². The minimum Gasteiger partial charge on any atom is -0.473 e. The van der Waals surface area contributed by atoms with Crippen LogP contribution in [0.4, 0.5) is 9.18 Å². The van der Waals surface area contributed by atoms with Crippen molar-refractivity contribution in [3.05, 3.63) is 59.0 Å². The summed E-state index contributed by atoms with van der Waals surface area (Å²) < 4.78 is 20.1. The van der Waals surface area contributed by atoms with E-state index in [0.717, 1.165) is 18.5 Å². The van der Waals surface area contributed by atoms with Crippen molar-refractivity contribution in [1.29, 1.82) is 0 Å². The lowest BCUT2D eigenvalue weighted by Crippen LogP contribution is -2.43. The number of aromatic nitrogens is 1. The van der Waals surface area contributed by atoms with Crippen molar-refractivity contribution in [3.63, 3.8) is 0 Å². The Balaban J connectivity index is 1.39. The molecule has 1 saturated heterocycles. The van der Waals surface area contributed by atoms with Gasteiger partial charge in [0.15, 0.2) is 5.78 Å². The Bertz CT molecular complexity index is 960. The van der Waals surface area contributed by atoms with Gasteiger partial charge in [-0.2, -0.15) is 0 Å². The van der Waals surface area contributed by atoms with Gasteiger partial charge in [0.2, 0.25) is 5.88 Å². The van der Waals surface area contributed by atoms with Gasteiger partial charge >= 0.3 is 6.09 Å². The zero-order chi connectivity index (χ0) is 21.3. The lowest BCUT2D eigenvalue weighted by atomic mass is 9.89. The first-order chi connectivity index (χ1) is 14.4. The molecule has 1 saturated carbocycles. The molecule has 1 aromatic carbocycles. The molecular formula is C23H25FN2O4. The maximum Gasteiger partial charge on any atom is 0.407 e. The fourth-order valence-corrected chi connectivity index (χ4v) is 4.01. The Morgan fingerprint density at radius 1 is 1.23 bits per heavy atom. The zero-order valence-electron chi connectivity index (χ0n) is 16.9. The van der Waals surface area contributed by atoms with E-state index >= 15 is 0 Å². The number of hydrogen-bond donors (Lipinski definition) is 1. The number of carboxylic acid groups (broad SMARTS) is 1. The number of nitrogens with zero attached hydrogens (tertiary/aromatic N) is 2. The molecule has 2 fully saturated rings. The molecule has 7 heteroatoms. The second-order valence-corrected chi connectivity index (χ2v) is 8.18. The van der Waals surface area contributed by atoms with Crippen LogP contribution in [0.2, 0.25) is 0 Å². The van der Waals surface area contributed by atoms with E-state index in [1.807, 2.05) is 19.1 Å². The maximum atomic E-state index is 14.4.